The number of halogens is 1. The predicted octanol–water partition coefficient (Wildman–Crippen LogP) is 6.86. The van der Waals surface area contributed by atoms with Crippen LogP contribution in [0.4, 0.5) is 0 Å². The number of hydrogen-bond donors (Lipinski definition) is 0. The molecule has 0 amide bonds. The highest BCUT2D eigenvalue weighted by molar-refractivity contribution is 9.10. The lowest BCUT2D eigenvalue weighted by atomic mass is 10.0. The van der Waals surface area contributed by atoms with E-state index in [1.807, 2.05) is 36.4 Å². The van der Waals surface area contributed by atoms with Crippen molar-refractivity contribution < 1.29 is 4.79 Å². The molecule has 126 valence electrons. The standard InChI is InChI=1S/C22H25BrO/c1-2-3-4-5-7-10-18-13-14-19(21(23)17-18)15-16-22(24)20-11-8-6-9-12-20/h6,8-9,11-17H,2-5,7,10H2,1H3. The normalized spacial score (nSPS) is 11.1. The van der Waals surface area contributed by atoms with Crippen LogP contribution in [0.2, 0.25) is 0 Å². The lowest BCUT2D eigenvalue weighted by Crippen LogP contribution is -1.93. The third-order valence-corrected chi connectivity index (χ3v) is 4.79. The summed E-state index contributed by atoms with van der Waals surface area (Å²) in [6.07, 6.45) is 11.1. The van der Waals surface area contributed by atoms with Gasteiger partial charge in [0, 0.05) is 10.0 Å². The second kappa shape index (κ2) is 10.2. The Bertz CT molecular complexity index is 674. The van der Waals surface area contributed by atoms with Gasteiger partial charge in [0.15, 0.2) is 5.78 Å². The van der Waals surface area contributed by atoms with Crippen molar-refractivity contribution in [1.29, 1.82) is 0 Å². The summed E-state index contributed by atoms with van der Waals surface area (Å²) in [6, 6.07) is 15.8. The summed E-state index contributed by atoms with van der Waals surface area (Å²) in [6.45, 7) is 2.24. The van der Waals surface area contributed by atoms with E-state index >= 15 is 0 Å². The quantitative estimate of drug-likeness (QED) is 0.262. The Morgan fingerprint density at radius 3 is 2.46 bits per heavy atom. The van der Waals surface area contributed by atoms with Crippen molar-refractivity contribution in [3.05, 3.63) is 75.8 Å². The highest BCUT2D eigenvalue weighted by Gasteiger charge is 2.02. The molecule has 2 heteroatoms. The number of unbranched alkanes of at least 4 members (excludes halogenated alkanes) is 4. The van der Waals surface area contributed by atoms with Gasteiger partial charge in [-0.3, -0.25) is 4.79 Å². The van der Waals surface area contributed by atoms with Crippen molar-refractivity contribution in [2.75, 3.05) is 0 Å². The number of hydrogen-bond acceptors (Lipinski definition) is 1. The van der Waals surface area contributed by atoms with Crippen LogP contribution in [0.5, 0.6) is 0 Å². The van der Waals surface area contributed by atoms with Crippen LogP contribution in [0, 0.1) is 0 Å². The molecule has 2 aromatic carbocycles. The van der Waals surface area contributed by atoms with E-state index in [1.165, 1.54) is 37.7 Å². The van der Waals surface area contributed by atoms with Crippen molar-refractivity contribution >= 4 is 27.8 Å². The molecule has 0 spiro atoms. The third kappa shape index (κ3) is 6.09. The maximum absolute atomic E-state index is 12.1. The van der Waals surface area contributed by atoms with E-state index in [0.29, 0.717) is 5.56 Å². The molecule has 2 rings (SSSR count). The second-order valence-corrected chi connectivity index (χ2v) is 6.94. The number of ketones is 1. The lowest BCUT2D eigenvalue weighted by molar-refractivity contribution is 0.104. The van der Waals surface area contributed by atoms with Crippen LogP contribution in [0.15, 0.2) is 59.1 Å². The van der Waals surface area contributed by atoms with Crippen LogP contribution in [-0.2, 0) is 6.42 Å². The minimum atomic E-state index is 0.0301. The first-order valence-electron chi connectivity index (χ1n) is 8.76. The average molecular weight is 385 g/mol. The molecule has 0 heterocycles. The van der Waals surface area contributed by atoms with Gasteiger partial charge in [0.1, 0.15) is 0 Å². The van der Waals surface area contributed by atoms with Gasteiger partial charge in [-0.05, 0) is 42.2 Å². The molecule has 0 unspecified atom stereocenters. The lowest BCUT2D eigenvalue weighted by Gasteiger charge is -2.05. The zero-order chi connectivity index (χ0) is 17.2. The molecule has 0 aliphatic heterocycles. The van der Waals surface area contributed by atoms with Crippen LogP contribution in [0.25, 0.3) is 6.08 Å². The van der Waals surface area contributed by atoms with Gasteiger partial charge in [0.2, 0.25) is 0 Å². The number of rotatable bonds is 9. The van der Waals surface area contributed by atoms with Crippen molar-refractivity contribution in [2.24, 2.45) is 0 Å². The summed E-state index contributed by atoms with van der Waals surface area (Å²) in [5, 5.41) is 0. The van der Waals surface area contributed by atoms with Gasteiger partial charge in [-0.25, -0.2) is 0 Å². The summed E-state index contributed by atoms with van der Waals surface area (Å²) in [5.41, 5.74) is 3.10. The minimum Gasteiger partial charge on any atom is -0.289 e. The summed E-state index contributed by atoms with van der Waals surface area (Å²) in [4.78, 5) is 12.1. The van der Waals surface area contributed by atoms with Crippen molar-refractivity contribution in [3.63, 3.8) is 0 Å². The Kier molecular flexibility index (Phi) is 7.97. The van der Waals surface area contributed by atoms with Gasteiger partial charge in [-0.15, -0.1) is 0 Å². The summed E-state index contributed by atoms with van der Waals surface area (Å²) in [7, 11) is 0. The van der Waals surface area contributed by atoms with E-state index in [-0.39, 0.29) is 5.78 Å². The zero-order valence-corrected chi connectivity index (χ0v) is 15.9. The number of aryl methyl sites for hydroxylation is 1. The molecule has 0 saturated heterocycles. The van der Waals surface area contributed by atoms with Gasteiger partial charge in [-0.2, -0.15) is 0 Å². The monoisotopic (exact) mass is 384 g/mol. The Morgan fingerprint density at radius 2 is 1.75 bits per heavy atom. The smallest absolute Gasteiger partial charge is 0.185 e. The third-order valence-electron chi connectivity index (χ3n) is 4.11. The van der Waals surface area contributed by atoms with Crippen molar-refractivity contribution in [1.82, 2.24) is 0 Å². The fourth-order valence-electron chi connectivity index (χ4n) is 2.66. The maximum Gasteiger partial charge on any atom is 0.185 e. The molecule has 24 heavy (non-hydrogen) atoms. The largest absolute Gasteiger partial charge is 0.289 e. The number of allylic oxidation sites excluding steroid dienone is 1. The molecule has 0 aliphatic rings. The van der Waals surface area contributed by atoms with Crippen LogP contribution in [-0.4, -0.2) is 5.78 Å². The molecule has 0 aromatic heterocycles. The van der Waals surface area contributed by atoms with E-state index in [9.17, 15) is 4.79 Å². The molecule has 1 nitrogen and oxygen atoms in total. The van der Waals surface area contributed by atoms with Crippen LogP contribution < -0.4 is 0 Å². The van der Waals surface area contributed by atoms with Gasteiger partial charge < -0.3 is 0 Å². The molecule has 2 aromatic rings. The van der Waals surface area contributed by atoms with E-state index in [2.05, 4.69) is 41.1 Å². The summed E-state index contributed by atoms with van der Waals surface area (Å²) < 4.78 is 1.05. The van der Waals surface area contributed by atoms with Gasteiger partial charge in [0.05, 0.1) is 0 Å². The van der Waals surface area contributed by atoms with E-state index in [4.69, 9.17) is 0 Å². The summed E-state index contributed by atoms with van der Waals surface area (Å²) in [5.74, 6) is 0.0301. The molecule has 0 atom stereocenters. The highest BCUT2D eigenvalue weighted by Crippen LogP contribution is 2.21. The van der Waals surface area contributed by atoms with Crippen molar-refractivity contribution in [2.45, 2.75) is 45.4 Å². The van der Waals surface area contributed by atoms with Gasteiger partial charge in [-0.1, -0.05) is 91.0 Å². The minimum absolute atomic E-state index is 0.0301. The fourth-order valence-corrected chi connectivity index (χ4v) is 3.22. The fraction of sp³-hybridized carbons (Fsp3) is 0.318. The first kappa shape index (κ1) is 18.7. The highest BCUT2D eigenvalue weighted by atomic mass is 79.9. The Morgan fingerprint density at radius 1 is 1.00 bits per heavy atom. The first-order chi connectivity index (χ1) is 11.7. The molecule has 0 saturated carbocycles. The SMILES string of the molecule is CCCCCCCc1ccc(C=CC(=O)c2ccccc2)c(Br)c1. The van der Waals surface area contributed by atoms with Crippen LogP contribution >= 0.6 is 15.9 Å². The van der Waals surface area contributed by atoms with E-state index in [0.717, 1.165) is 16.5 Å². The molecule has 0 aliphatic carbocycles. The van der Waals surface area contributed by atoms with Crippen molar-refractivity contribution in [3.8, 4) is 0 Å². The zero-order valence-electron chi connectivity index (χ0n) is 14.3. The summed E-state index contributed by atoms with van der Waals surface area (Å²) >= 11 is 3.62. The van der Waals surface area contributed by atoms with Gasteiger partial charge in [0.25, 0.3) is 0 Å². The Hall–Kier alpha value is -1.67. The van der Waals surface area contributed by atoms with E-state index < -0.39 is 0 Å². The Labute approximate surface area is 153 Å². The molecule has 0 radical (unpaired) electrons. The first-order valence-corrected chi connectivity index (χ1v) is 9.56. The molecule has 0 bridgehead atoms. The molecule has 0 N–H and O–H groups in total. The average Bonchev–Trinajstić information content (AvgIpc) is 2.61. The Balaban J connectivity index is 1.92. The van der Waals surface area contributed by atoms with Crippen LogP contribution in [0.3, 0.4) is 0 Å². The van der Waals surface area contributed by atoms with Gasteiger partial charge >= 0.3 is 0 Å². The number of carbonyl (C=O) groups is 1. The number of carbonyl (C=O) groups excluding carboxylic acids is 1. The molecule has 0 fully saturated rings. The van der Waals surface area contributed by atoms with Crippen LogP contribution in [0.1, 0.15) is 60.5 Å². The topological polar surface area (TPSA) is 17.1 Å². The maximum atomic E-state index is 12.1. The number of benzene rings is 2. The second-order valence-electron chi connectivity index (χ2n) is 6.08. The van der Waals surface area contributed by atoms with E-state index in [1.54, 1.807) is 6.08 Å². The molecular formula is C22H25BrO. The predicted molar refractivity (Wildman–Crippen MR) is 106 cm³/mol. The molecular weight excluding hydrogens is 360 g/mol.